The lowest BCUT2D eigenvalue weighted by Gasteiger charge is -2.22. The van der Waals surface area contributed by atoms with Crippen LogP contribution in [0.1, 0.15) is 78.6 Å². The summed E-state index contributed by atoms with van der Waals surface area (Å²) in [4.78, 5) is 0. The Balaban J connectivity index is 3.75. The van der Waals surface area contributed by atoms with Gasteiger partial charge in [0.2, 0.25) is 0 Å². The summed E-state index contributed by atoms with van der Waals surface area (Å²) in [6.07, 6.45) is 12.7. The molecule has 0 saturated heterocycles. The van der Waals surface area contributed by atoms with Crippen LogP contribution in [0.4, 0.5) is 0 Å². The summed E-state index contributed by atoms with van der Waals surface area (Å²) in [5, 5.41) is 9.36. The molecule has 1 N–H and O–H groups in total. The Morgan fingerprint density at radius 1 is 1.11 bits per heavy atom. The molecule has 0 saturated carbocycles. The summed E-state index contributed by atoms with van der Waals surface area (Å²) >= 11 is 0. The molecule has 0 rings (SSSR count). The molecule has 19 heavy (non-hydrogen) atoms. The first kappa shape index (κ1) is 18.7. The smallest absolute Gasteiger partial charge is 0.0613 e. The summed E-state index contributed by atoms with van der Waals surface area (Å²) < 4.78 is 6.00. The van der Waals surface area contributed by atoms with Gasteiger partial charge in [-0.2, -0.15) is 0 Å². The monoisotopic (exact) mass is 270 g/mol. The Hall–Kier alpha value is -0.340. The number of aliphatic hydroxyl groups is 1. The Morgan fingerprint density at radius 2 is 1.74 bits per heavy atom. The predicted molar refractivity (Wildman–Crippen MR) is 83.4 cm³/mol. The molecule has 0 aromatic carbocycles. The van der Waals surface area contributed by atoms with Crippen LogP contribution in [-0.2, 0) is 4.74 Å². The lowest BCUT2D eigenvalue weighted by atomic mass is 10.0. The van der Waals surface area contributed by atoms with Crippen LogP contribution in [0, 0.1) is 0 Å². The topological polar surface area (TPSA) is 29.5 Å². The second-order valence-electron chi connectivity index (χ2n) is 5.73. The van der Waals surface area contributed by atoms with Crippen LogP contribution in [0.15, 0.2) is 12.7 Å². The third-order valence-corrected chi connectivity index (χ3v) is 3.41. The van der Waals surface area contributed by atoms with Crippen LogP contribution in [0.25, 0.3) is 0 Å². The van der Waals surface area contributed by atoms with E-state index in [0.29, 0.717) is 6.42 Å². The van der Waals surface area contributed by atoms with E-state index < -0.39 is 0 Å². The fraction of sp³-hybridized carbons (Fsp3) is 0.882. The lowest BCUT2D eigenvalue weighted by molar-refractivity contribution is -0.0267. The van der Waals surface area contributed by atoms with Crippen molar-refractivity contribution in [2.75, 3.05) is 0 Å². The highest BCUT2D eigenvalue weighted by molar-refractivity contribution is 4.75. The maximum atomic E-state index is 9.36. The number of hydrogen-bond acceptors (Lipinski definition) is 2. The Labute approximate surface area is 120 Å². The largest absolute Gasteiger partial charge is 0.393 e. The molecule has 0 heterocycles. The maximum absolute atomic E-state index is 9.36. The van der Waals surface area contributed by atoms with E-state index in [1.807, 2.05) is 19.9 Å². The van der Waals surface area contributed by atoms with Gasteiger partial charge in [0.15, 0.2) is 0 Å². The highest BCUT2D eigenvalue weighted by atomic mass is 16.5. The second-order valence-corrected chi connectivity index (χ2v) is 5.73. The van der Waals surface area contributed by atoms with Gasteiger partial charge in [0.05, 0.1) is 18.3 Å². The summed E-state index contributed by atoms with van der Waals surface area (Å²) in [6, 6.07) is 0. The van der Waals surface area contributed by atoms with Crippen LogP contribution in [0.5, 0.6) is 0 Å². The standard InChI is InChI=1S/C17H34O2/c1-5-7-8-9-10-11-13-17(12-6-2)19-16(4)14-15(3)18/h6,15-18H,2,5,7-14H2,1,3-4H3/t15-,16-,17+/m1/s1. The number of hydrogen-bond donors (Lipinski definition) is 1. The molecule has 0 unspecified atom stereocenters. The lowest BCUT2D eigenvalue weighted by Crippen LogP contribution is -2.22. The van der Waals surface area contributed by atoms with Crippen molar-refractivity contribution in [3.05, 3.63) is 12.7 Å². The summed E-state index contributed by atoms with van der Waals surface area (Å²) in [5.41, 5.74) is 0. The van der Waals surface area contributed by atoms with Gasteiger partial charge in [-0.05, 0) is 33.1 Å². The zero-order chi connectivity index (χ0) is 14.5. The minimum Gasteiger partial charge on any atom is -0.393 e. The first-order chi connectivity index (χ1) is 9.10. The molecule has 0 radical (unpaired) electrons. The molecule has 0 fully saturated rings. The zero-order valence-electron chi connectivity index (χ0n) is 13.2. The molecule has 0 aliphatic carbocycles. The van der Waals surface area contributed by atoms with E-state index in [9.17, 15) is 5.11 Å². The van der Waals surface area contributed by atoms with Gasteiger partial charge in [0, 0.05) is 0 Å². The Kier molecular flexibility index (Phi) is 12.5. The molecule has 3 atom stereocenters. The first-order valence-corrected chi connectivity index (χ1v) is 8.04. The third-order valence-electron chi connectivity index (χ3n) is 3.41. The van der Waals surface area contributed by atoms with Gasteiger partial charge < -0.3 is 9.84 Å². The Bertz CT molecular complexity index is 201. The molecule has 0 aromatic rings. The van der Waals surface area contributed by atoms with E-state index in [2.05, 4.69) is 13.5 Å². The first-order valence-electron chi connectivity index (χ1n) is 8.04. The van der Waals surface area contributed by atoms with Crippen molar-refractivity contribution < 1.29 is 9.84 Å². The van der Waals surface area contributed by atoms with Crippen molar-refractivity contribution in [3.63, 3.8) is 0 Å². The van der Waals surface area contributed by atoms with Crippen molar-refractivity contribution in [2.45, 2.75) is 96.9 Å². The SMILES string of the molecule is C=CC[C@@H](CCCCCCCC)O[C@H](C)C[C@@H](C)O. The normalized spacial score (nSPS) is 16.0. The molecular weight excluding hydrogens is 236 g/mol. The molecule has 0 bridgehead atoms. The summed E-state index contributed by atoms with van der Waals surface area (Å²) in [6.45, 7) is 9.92. The molecule has 0 amide bonds. The van der Waals surface area contributed by atoms with E-state index >= 15 is 0 Å². The minimum atomic E-state index is -0.284. The quantitative estimate of drug-likeness (QED) is 0.382. The predicted octanol–water partition coefficient (Wildman–Crippen LogP) is 4.86. The van der Waals surface area contributed by atoms with Crippen LogP contribution in [-0.4, -0.2) is 23.4 Å². The molecule has 0 aliphatic rings. The number of rotatable bonds is 13. The van der Waals surface area contributed by atoms with Crippen LogP contribution < -0.4 is 0 Å². The van der Waals surface area contributed by atoms with Crippen molar-refractivity contribution >= 4 is 0 Å². The van der Waals surface area contributed by atoms with Gasteiger partial charge in [0.25, 0.3) is 0 Å². The minimum absolute atomic E-state index is 0.130. The van der Waals surface area contributed by atoms with Crippen molar-refractivity contribution in [1.29, 1.82) is 0 Å². The number of aliphatic hydroxyl groups excluding tert-OH is 1. The van der Waals surface area contributed by atoms with Gasteiger partial charge in [-0.25, -0.2) is 0 Å². The van der Waals surface area contributed by atoms with Gasteiger partial charge in [-0.3, -0.25) is 0 Å². The Morgan fingerprint density at radius 3 is 2.32 bits per heavy atom. The van der Waals surface area contributed by atoms with Gasteiger partial charge in [0.1, 0.15) is 0 Å². The van der Waals surface area contributed by atoms with Gasteiger partial charge >= 0.3 is 0 Å². The fourth-order valence-electron chi connectivity index (χ4n) is 2.44. The number of ether oxygens (including phenoxy) is 1. The van der Waals surface area contributed by atoms with Crippen molar-refractivity contribution in [2.24, 2.45) is 0 Å². The van der Waals surface area contributed by atoms with Crippen molar-refractivity contribution in [1.82, 2.24) is 0 Å². The van der Waals surface area contributed by atoms with E-state index in [1.165, 1.54) is 38.5 Å². The molecule has 0 aliphatic heterocycles. The fourth-order valence-corrected chi connectivity index (χ4v) is 2.44. The van der Waals surface area contributed by atoms with Crippen LogP contribution in [0.2, 0.25) is 0 Å². The second kappa shape index (κ2) is 12.7. The molecular formula is C17H34O2. The average molecular weight is 270 g/mol. The molecule has 114 valence electrons. The molecule has 0 aromatic heterocycles. The molecule has 2 heteroatoms. The number of unbranched alkanes of at least 4 members (excludes halogenated alkanes) is 5. The maximum Gasteiger partial charge on any atom is 0.0613 e. The van der Waals surface area contributed by atoms with Crippen LogP contribution >= 0.6 is 0 Å². The summed E-state index contributed by atoms with van der Waals surface area (Å²) in [5.74, 6) is 0. The molecule has 2 nitrogen and oxygen atoms in total. The highest BCUT2D eigenvalue weighted by Gasteiger charge is 2.13. The third kappa shape index (κ3) is 12.4. The van der Waals surface area contributed by atoms with Crippen molar-refractivity contribution in [3.8, 4) is 0 Å². The van der Waals surface area contributed by atoms with E-state index in [0.717, 1.165) is 12.8 Å². The van der Waals surface area contributed by atoms with E-state index in [1.54, 1.807) is 0 Å². The van der Waals surface area contributed by atoms with E-state index in [-0.39, 0.29) is 18.3 Å². The average Bonchev–Trinajstić information content (AvgIpc) is 2.32. The zero-order valence-corrected chi connectivity index (χ0v) is 13.2. The summed E-state index contributed by atoms with van der Waals surface area (Å²) in [7, 11) is 0. The van der Waals surface area contributed by atoms with Gasteiger partial charge in [-0.15, -0.1) is 6.58 Å². The molecule has 0 spiro atoms. The highest BCUT2D eigenvalue weighted by Crippen LogP contribution is 2.16. The van der Waals surface area contributed by atoms with Gasteiger partial charge in [-0.1, -0.05) is 51.5 Å². The van der Waals surface area contributed by atoms with Crippen LogP contribution in [0.3, 0.4) is 0 Å². The van der Waals surface area contributed by atoms with E-state index in [4.69, 9.17) is 4.74 Å².